The third-order valence-electron chi connectivity index (χ3n) is 3.46. The Morgan fingerprint density at radius 3 is 2.05 bits per heavy atom. The summed E-state index contributed by atoms with van der Waals surface area (Å²) in [5.41, 5.74) is 2.62. The van der Waals surface area contributed by atoms with Gasteiger partial charge in [-0.25, -0.2) is 0 Å². The lowest BCUT2D eigenvalue weighted by Gasteiger charge is -2.23. The van der Waals surface area contributed by atoms with Crippen LogP contribution in [-0.4, -0.2) is 0 Å². The summed E-state index contributed by atoms with van der Waals surface area (Å²) in [6, 6.07) is 17.7. The maximum absolute atomic E-state index is 3.71. The molecule has 0 heterocycles. The van der Waals surface area contributed by atoms with Crippen LogP contribution in [0.3, 0.4) is 0 Å². The molecule has 0 aliphatic rings. The molecule has 0 aromatic heterocycles. The van der Waals surface area contributed by atoms with Gasteiger partial charge in [-0.2, -0.15) is 0 Å². The maximum Gasteiger partial charge on any atom is 0.0323 e. The Morgan fingerprint density at radius 2 is 1.50 bits per heavy atom. The molecular formula is C17H19Br2N. The van der Waals surface area contributed by atoms with Crippen molar-refractivity contribution in [2.75, 3.05) is 0 Å². The van der Waals surface area contributed by atoms with Crippen LogP contribution < -0.4 is 5.32 Å². The first-order valence-electron chi connectivity index (χ1n) is 6.87. The molecule has 106 valence electrons. The van der Waals surface area contributed by atoms with Gasteiger partial charge < -0.3 is 5.32 Å². The van der Waals surface area contributed by atoms with Crippen LogP contribution in [0.5, 0.6) is 0 Å². The number of benzene rings is 2. The minimum absolute atomic E-state index is 0.316. The molecule has 2 aromatic carbocycles. The maximum atomic E-state index is 3.71. The van der Waals surface area contributed by atoms with Crippen molar-refractivity contribution in [3.8, 4) is 0 Å². The summed E-state index contributed by atoms with van der Waals surface area (Å²) >= 11 is 7.08. The van der Waals surface area contributed by atoms with Crippen molar-refractivity contribution in [2.45, 2.75) is 32.4 Å². The molecule has 1 unspecified atom stereocenters. The summed E-state index contributed by atoms with van der Waals surface area (Å²) in [7, 11) is 0. The molecule has 0 aliphatic heterocycles. The lowest BCUT2D eigenvalue weighted by molar-refractivity contribution is 0.456. The van der Waals surface area contributed by atoms with Gasteiger partial charge in [-0.1, -0.05) is 63.0 Å². The number of hydrogen-bond donors (Lipinski definition) is 1. The fraction of sp³-hybridized carbons (Fsp3) is 0.294. The molecule has 1 N–H and O–H groups in total. The molecule has 0 radical (unpaired) electrons. The highest BCUT2D eigenvalue weighted by molar-refractivity contribution is 9.10. The molecule has 0 bridgehead atoms. The zero-order valence-electron chi connectivity index (χ0n) is 11.7. The molecule has 2 rings (SSSR count). The van der Waals surface area contributed by atoms with Crippen LogP contribution in [0.4, 0.5) is 0 Å². The Labute approximate surface area is 138 Å². The van der Waals surface area contributed by atoms with Crippen LogP contribution in [-0.2, 0) is 0 Å². The van der Waals surface area contributed by atoms with Gasteiger partial charge in [0.25, 0.3) is 0 Å². The summed E-state index contributed by atoms with van der Waals surface area (Å²) in [6.07, 6.45) is 1.06. The van der Waals surface area contributed by atoms with Gasteiger partial charge in [-0.15, -0.1) is 0 Å². The first-order chi connectivity index (χ1) is 9.60. The highest BCUT2D eigenvalue weighted by Crippen LogP contribution is 2.25. The zero-order chi connectivity index (χ0) is 14.5. The quantitative estimate of drug-likeness (QED) is 0.651. The lowest BCUT2D eigenvalue weighted by Crippen LogP contribution is -2.24. The lowest BCUT2D eigenvalue weighted by atomic mass is 10.0. The van der Waals surface area contributed by atoms with Gasteiger partial charge in [0, 0.05) is 21.0 Å². The topological polar surface area (TPSA) is 12.0 Å². The van der Waals surface area contributed by atoms with Crippen LogP contribution in [0, 0.1) is 0 Å². The average molecular weight is 397 g/mol. The predicted octanol–water partition coefficient (Wildman–Crippen LogP) is 6.01. The van der Waals surface area contributed by atoms with E-state index >= 15 is 0 Å². The van der Waals surface area contributed by atoms with Crippen molar-refractivity contribution in [3.05, 3.63) is 68.6 Å². The summed E-state index contributed by atoms with van der Waals surface area (Å²) in [4.78, 5) is 0. The van der Waals surface area contributed by atoms with Crippen molar-refractivity contribution in [1.82, 2.24) is 5.32 Å². The van der Waals surface area contributed by atoms with Gasteiger partial charge in [0.1, 0.15) is 0 Å². The molecule has 3 heteroatoms. The fourth-order valence-electron chi connectivity index (χ4n) is 2.35. The second-order valence-electron chi connectivity index (χ2n) is 4.96. The van der Waals surface area contributed by atoms with E-state index in [1.54, 1.807) is 0 Å². The van der Waals surface area contributed by atoms with Crippen molar-refractivity contribution >= 4 is 31.9 Å². The first kappa shape index (κ1) is 15.7. The number of rotatable bonds is 5. The summed E-state index contributed by atoms with van der Waals surface area (Å²) < 4.78 is 2.25. The van der Waals surface area contributed by atoms with E-state index in [1.165, 1.54) is 11.1 Å². The highest BCUT2D eigenvalue weighted by atomic mass is 79.9. The molecule has 0 fully saturated rings. The van der Waals surface area contributed by atoms with Gasteiger partial charge in [0.15, 0.2) is 0 Å². The molecule has 0 aliphatic carbocycles. The van der Waals surface area contributed by atoms with E-state index in [0.29, 0.717) is 12.1 Å². The van der Waals surface area contributed by atoms with Crippen LogP contribution in [0.25, 0.3) is 0 Å². The molecule has 0 spiro atoms. The van der Waals surface area contributed by atoms with Crippen molar-refractivity contribution in [1.29, 1.82) is 0 Å². The van der Waals surface area contributed by atoms with Crippen LogP contribution >= 0.6 is 31.9 Å². The van der Waals surface area contributed by atoms with E-state index in [4.69, 9.17) is 0 Å². The van der Waals surface area contributed by atoms with Gasteiger partial charge in [-0.05, 0) is 48.7 Å². The van der Waals surface area contributed by atoms with Gasteiger partial charge >= 0.3 is 0 Å². The third-order valence-corrected chi connectivity index (χ3v) is 4.45. The van der Waals surface area contributed by atoms with E-state index in [-0.39, 0.29) is 0 Å². The first-order valence-corrected chi connectivity index (χ1v) is 8.45. The van der Waals surface area contributed by atoms with E-state index in [0.717, 1.165) is 15.4 Å². The number of hydrogen-bond acceptors (Lipinski definition) is 1. The smallest absolute Gasteiger partial charge is 0.0323 e. The van der Waals surface area contributed by atoms with E-state index < -0.39 is 0 Å². The Hall–Kier alpha value is -0.640. The van der Waals surface area contributed by atoms with Crippen LogP contribution in [0.1, 0.15) is 43.5 Å². The Kier molecular flexibility index (Phi) is 5.82. The molecule has 2 aromatic rings. The zero-order valence-corrected chi connectivity index (χ0v) is 14.9. The summed E-state index contributed by atoms with van der Waals surface area (Å²) in [6.45, 7) is 4.43. The normalized spacial score (nSPS) is 14.0. The Morgan fingerprint density at radius 1 is 0.950 bits per heavy atom. The predicted molar refractivity (Wildman–Crippen MR) is 92.9 cm³/mol. The number of halogens is 2. The van der Waals surface area contributed by atoms with Gasteiger partial charge in [-0.3, -0.25) is 0 Å². The average Bonchev–Trinajstić information content (AvgIpc) is 2.44. The molecular weight excluding hydrogens is 378 g/mol. The minimum atomic E-state index is 0.316. The van der Waals surface area contributed by atoms with Gasteiger partial charge in [0.05, 0.1) is 0 Å². The molecule has 1 nitrogen and oxygen atoms in total. The fourth-order valence-corrected chi connectivity index (χ4v) is 3.18. The Bertz CT molecular complexity index is 568. The second kappa shape index (κ2) is 7.39. The van der Waals surface area contributed by atoms with Crippen LogP contribution in [0.15, 0.2) is 57.5 Å². The summed E-state index contributed by atoms with van der Waals surface area (Å²) in [5, 5.41) is 3.71. The molecule has 20 heavy (non-hydrogen) atoms. The summed E-state index contributed by atoms with van der Waals surface area (Å²) in [5.74, 6) is 0. The Balaban J connectivity index is 2.14. The van der Waals surface area contributed by atoms with Gasteiger partial charge in [0.2, 0.25) is 0 Å². The van der Waals surface area contributed by atoms with Crippen LogP contribution in [0.2, 0.25) is 0 Å². The van der Waals surface area contributed by atoms with E-state index in [1.807, 2.05) is 0 Å². The standard InChI is InChI=1S/C17H19Br2N/c1-3-17(14-7-5-9-16(19)11-14)20-12(2)13-6-4-8-15(18)10-13/h4-12,17,20H,3H2,1-2H3/t12-,17?/m0/s1. The molecule has 2 atom stereocenters. The minimum Gasteiger partial charge on any atom is -0.303 e. The molecule has 0 saturated heterocycles. The van der Waals surface area contributed by atoms with Crippen molar-refractivity contribution in [3.63, 3.8) is 0 Å². The molecule has 0 amide bonds. The van der Waals surface area contributed by atoms with E-state index in [9.17, 15) is 0 Å². The second-order valence-corrected chi connectivity index (χ2v) is 6.79. The van der Waals surface area contributed by atoms with E-state index in [2.05, 4.69) is 99.6 Å². The van der Waals surface area contributed by atoms with Crippen molar-refractivity contribution in [2.24, 2.45) is 0 Å². The SMILES string of the molecule is CCC(N[C@@H](C)c1cccc(Br)c1)c1cccc(Br)c1. The molecule has 0 saturated carbocycles. The number of nitrogens with one attached hydrogen (secondary N) is 1. The highest BCUT2D eigenvalue weighted by Gasteiger charge is 2.14. The third kappa shape index (κ3) is 4.18. The van der Waals surface area contributed by atoms with Crippen molar-refractivity contribution < 1.29 is 0 Å². The largest absolute Gasteiger partial charge is 0.303 e. The monoisotopic (exact) mass is 395 g/mol.